The molecule has 1 N–H and O–H groups in total. The van der Waals surface area contributed by atoms with E-state index in [-0.39, 0.29) is 39.5 Å². The number of carboxylic acids is 1. The number of para-hydroxylation sites is 1. The van der Waals surface area contributed by atoms with Gasteiger partial charge in [0.25, 0.3) is 0 Å². The van der Waals surface area contributed by atoms with E-state index in [0.717, 1.165) is 0 Å². The molecule has 1 aromatic carbocycles. The molecule has 0 heterocycles. The van der Waals surface area contributed by atoms with Crippen LogP contribution in [0.25, 0.3) is 0 Å². The van der Waals surface area contributed by atoms with E-state index in [0.29, 0.717) is 0 Å². The summed E-state index contributed by atoms with van der Waals surface area (Å²) < 4.78 is 0. The van der Waals surface area contributed by atoms with Gasteiger partial charge in [0.2, 0.25) is 5.91 Å². The van der Waals surface area contributed by atoms with Crippen LogP contribution < -0.4 is 10.4 Å². The molecule has 78 valence electrons. The van der Waals surface area contributed by atoms with Crippen molar-refractivity contribution in [3.05, 3.63) is 29.8 Å². The van der Waals surface area contributed by atoms with Gasteiger partial charge in [-0.3, -0.25) is 4.79 Å². The average Bonchev–Trinajstić information content (AvgIpc) is 2.03. The van der Waals surface area contributed by atoms with Crippen LogP contribution in [0.3, 0.4) is 0 Å². The fourth-order valence-corrected chi connectivity index (χ4v) is 0.960. The zero-order valence-electron chi connectivity index (χ0n) is 7.34. The molecule has 1 rings (SSSR count). The van der Waals surface area contributed by atoms with E-state index >= 15 is 0 Å². The van der Waals surface area contributed by atoms with Gasteiger partial charge in [0, 0.05) is 18.2 Å². The molecular formula is C9H8AgNO3. The van der Waals surface area contributed by atoms with Crippen molar-refractivity contribution in [3.63, 3.8) is 0 Å². The average molecular weight is 286 g/mol. The first-order valence-electron chi connectivity index (χ1n) is 3.69. The quantitative estimate of drug-likeness (QED) is 0.778. The van der Waals surface area contributed by atoms with Gasteiger partial charge in [0.15, 0.2) is 0 Å². The fourth-order valence-electron chi connectivity index (χ4n) is 0.960. The number of carbonyl (C=O) groups excluding carboxylic acids is 2. The van der Waals surface area contributed by atoms with Crippen LogP contribution in [0.5, 0.6) is 0 Å². The molecular weight excluding hydrogens is 278 g/mol. The van der Waals surface area contributed by atoms with Crippen LogP contribution in [0.2, 0.25) is 0 Å². The third-order valence-electron chi connectivity index (χ3n) is 1.46. The van der Waals surface area contributed by atoms with Crippen molar-refractivity contribution in [1.82, 2.24) is 0 Å². The molecule has 0 aliphatic rings. The van der Waals surface area contributed by atoms with E-state index in [1.54, 1.807) is 12.1 Å². The summed E-state index contributed by atoms with van der Waals surface area (Å²) in [6.45, 7) is 1.31. The Bertz CT molecular complexity index is 352. The van der Waals surface area contributed by atoms with E-state index in [2.05, 4.69) is 5.32 Å². The summed E-state index contributed by atoms with van der Waals surface area (Å²) in [5.74, 6) is -1.61. The second-order valence-electron chi connectivity index (χ2n) is 2.51. The molecule has 1 amide bonds. The first-order valence-corrected chi connectivity index (χ1v) is 3.69. The molecule has 0 fully saturated rings. The maximum absolute atomic E-state index is 10.7. The summed E-state index contributed by atoms with van der Waals surface area (Å²) in [5.41, 5.74) is 0.243. The van der Waals surface area contributed by atoms with Gasteiger partial charge in [-0.1, -0.05) is 18.2 Å². The standard InChI is InChI=1S/C9H9NO3.Ag/c1-6(11)10-8-5-3-2-4-7(8)9(12)13;/h2-5H,1H3,(H,10,11)(H,12,13);/q;+1/p-1. The molecule has 0 aliphatic heterocycles. The number of anilines is 1. The minimum absolute atomic E-state index is 0. The van der Waals surface area contributed by atoms with Gasteiger partial charge in [-0.25, -0.2) is 0 Å². The Balaban J connectivity index is 0.00000169. The summed E-state index contributed by atoms with van der Waals surface area (Å²) in [5, 5.41) is 12.9. The Hall–Kier alpha value is -1.10. The van der Waals surface area contributed by atoms with Gasteiger partial charge in [-0.15, -0.1) is 0 Å². The van der Waals surface area contributed by atoms with E-state index < -0.39 is 5.97 Å². The monoisotopic (exact) mass is 285 g/mol. The van der Waals surface area contributed by atoms with Crippen molar-refractivity contribution >= 4 is 17.6 Å². The number of carbonyl (C=O) groups is 2. The van der Waals surface area contributed by atoms with Gasteiger partial charge in [-0.2, -0.15) is 0 Å². The smallest absolute Gasteiger partial charge is 0.545 e. The zero-order chi connectivity index (χ0) is 9.84. The number of aromatic carboxylic acids is 1. The molecule has 1 aromatic rings. The molecule has 0 aliphatic carbocycles. The predicted molar refractivity (Wildman–Crippen MR) is 45.1 cm³/mol. The van der Waals surface area contributed by atoms with Crippen LogP contribution in [-0.4, -0.2) is 11.9 Å². The molecule has 0 radical (unpaired) electrons. The third kappa shape index (κ3) is 3.33. The maximum atomic E-state index is 10.7. The first-order chi connectivity index (χ1) is 6.11. The molecule has 5 heteroatoms. The largest absolute Gasteiger partial charge is 1.00 e. The van der Waals surface area contributed by atoms with Gasteiger partial charge in [0.1, 0.15) is 0 Å². The van der Waals surface area contributed by atoms with E-state index in [1.807, 2.05) is 0 Å². The third-order valence-corrected chi connectivity index (χ3v) is 1.46. The fraction of sp³-hybridized carbons (Fsp3) is 0.111. The molecule has 0 saturated carbocycles. The van der Waals surface area contributed by atoms with Gasteiger partial charge < -0.3 is 15.2 Å². The van der Waals surface area contributed by atoms with Crippen molar-refractivity contribution < 1.29 is 37.1 Å². The zero-order valence-corrected chi connectivity index (χ0v) is 8.82. The number of carboxylic acid groups (broad SMARTS) is 1. The van der Waals surface area contributed by atoms with Crippen molar-refractivity contribution in [2.24, 2.45) is 0 Å². The Morgan fingerprint density at radius 3 is 2.36 bits per heavy atom. The number of benzene rings is 1. The second-order valence-corrected chi connectivity index (χ2v) is 2.51. The van der Waals surface area contributed by atoms with E-state index in [4.69, 9.17) is 0 Å². The number of hydrogen-bond acceptors (Lipinski definition) is 3. The number of amides is 1. The molecule has 0 aromatic heterocycles. The van der Waals surface area contributed by atoms with E-state index in [9.17, 15) is 14.7 Å². The summed E-state index contributed by atoms with van der Waals surface area (Å²) in [7, 11) is 0. The Morgan fingerprint density at radius 2 is 1.86 bits per heavy atom. The van der Waals surface area contributed by atoms with Crippen molar-refractivity contribution in [2.45, 2.75) is 6.92 Å². The molecule has 0 saturated heterocycles. The first kappa shape index (κ1) is 12.9. The normalized spacial score (nSPS) is 8.64. The summed E-state index contributed by atoms with van der Waals surface area (Å²) in [6.07, 6.45) is 0. The Morgan fingerprint density at radius 1 is 1.29 bits per heavy atom. The SMILES string of the molecule is CC(=O)Nc1ccccc1C(=O)[O-].[Ag+]. The van der Waals surface area contributed by atoms with Crippen LogP contribution in [0.1, 0.15) is 17.3 Å². The molecule has 14 heavy (non-hydrogen) atoms. The molecule has 0 unspecified atom stereocenters. The maximum Gasteiger partial charge on any atom is 1.00 e. The molecule has 0 atom stereocenters. The molecule has 0 bridgehead atoms. The predicted octanol–water partition coefficient (Wildman–Crippen LogP) is 0.00600. The van der Waals surface area contributed by atoms with Crippen molar-refractivity contribution in [2.75, 3.05) is 5.32 Å². The van der Waals surface area contributed by atoms with Crippen LogP contribution in [-0.2, 0) is 27.2 Å². The summed E-state index contributed by atoms with van der Waals surface area (Å²) >= 11 is 0. The Kier molecular flexibility index (Phi) is 5.15. The molecule has 0 spiro atoms. The summed E-state index contributed by atoms with van der Waals surface area (Å²) in [4.78, 5) is 21.2. The van der Waals surface area contributed by atoms with E-state index in [1.165, 1.54) is 19.1 Å². The van der Waals surface area contributed by atoms with Crippen LogP contribution in [0.4, 0.5) is 5.69 Å². The summed E-state index contributed by atoms with van der Waals surface area (Å²) in [6, 6.07) is 6.08. The Labute approximate surface area is 96.8 Å². The minimum atomic E-state index is -1.30. The van der Waals surface area contributed by atoms with Gasteiger partial charge in [-0.05, 0) is 6.07 Å². The van der Waals surface area contributed by atoms with Crippen molar-refractivity contribution in [1.29, 1.82) is 0 Å². The van der Waals surface area contributed by atoms with Gasteiger partial charge in [0.05, 0.1) is 5.97 Å². The van der Waals surface area contributed by atoms with Gasteiger partial charge >= 0.3 is 22.4 Å². The van der Waals surface area contributed by atoms with Crippen molar-refractivity contribution in [3.8, 4) is 0 Å². The second kappa shape index (κ2) is 5.59. The number of rotatable bonds is 2. The van der Waals surface area contributed by atoms with Crippen LogP contribution in [0, 0.1) is 0 Å². The number of nitrogens with one attached hydrogen (secondary N) is 1. The van der Waals surface area contributed by atoms with Crippen LogP contribution in [0.15, 0.2) is 24.3 Å². The topological polar surface area (TPSA) is 69.2 Å². The minimum Gasteiger partial charge on any atom is -0.545 e. The van der Waals surface area contributed by atoms with Crippen LogP contribution >= 0.6 is 0 Å². The molecule has 4 nitrogen and oxygen atoms in total. The number of hydrogen-bond donors (Lipinski definition) is 1.